The minimum atomic E-state index is -0.810. The summed E-state index contributed by atoms with van der Waals surface area (Å²) in [6.45, 7) is 14.6. The molecule has 8 heteroatoms. The second kappa shape index (κ2) is 14.8. The molecule has 0 unspecified atom stereocenters. The summed E-state index contributed by atoms with van der Waals surface area (Å²) >= 11 is 0. The van der Waals surface area contributed by atoms with Crippen LogP contribution in [0.5, 0.6) is 0 Å². The highest BCUT2D eigenvalue weighted by molar-refractivity contribution is 5.94. The minimum absolute atomic E-state index is 0.0439. The highest BCUT2D eigenvalue weighted by atomic mass is 16.6. The van der Waals surface area contributed by atoms with Crippen molar-refractivity contribution in [2.24, 2.45) is 11.8 Å². The summed E-state index contributed by atoms with van der Waals surface area (Å²) in [6.07, 6.45) is 0.846. The van der Waals surface area contributed by atoms with Crippen LogP contribution in [0, 0.1) is 11.8 Å². The number of rotatable bonds is 16. The Kier molecular flexibility index (Phi) is 11.5. The maximum absolute atomic E-state index is 13.5. The summed E-state index contributed by atoms with van der Waals surface area (Å²) in [5.41, 5.74) is 1.60. The predicted octanol–water partition coefficient (Wildman–Crippen LogP) is 4.93. The molecule has 2 aromatic rings. The predicted molar refractivity (Wildman–Crippen MR) is 160 cm³/mol. The van der Waals surface area contributed by atoms with E-state index in [4.69, 9.17) is 9.47 Å². The van der Waals surface area contributed by atoms with Crippen LogP contribution in [0.1, 0.15) is 58.6 Å². The maximum atomic E-state index is 13.5. The Morgan fingerprint density at radius 2 is 1.37 bits per heavy atom. The summed E-state index contributed by atoms with van der Waals surface area (Å²) < 4.78 is 10.8. The Bertz CT molecular complexity index is 1160. The van der Waals surface area contributed by atoms with Crippen LogP contribution >= 0.6 is 0 Å². The number of carbonyl (C=O) groups excluding carboxylic acids is 3. The largest absolute Gasteiger partial charge is 0.445 e. The SMILES string of the molecule is C=C(N[C@@H](Cc1ccccc1)C(=O)[C@@]1(C)CO1)[C@@H](CC(C)C)NC(=O)[C@H](CC(C)C)NC(=O)OCc1ccccc1. The number of nitrogens with one attached hydrogen (secondary N) is 3. The fourth-order valence-corrected chi connectivity index (χ4v) is 4.64. The number of hydrogen-bond acceptors (Lipinski definition) is 6. The molecule has 3 N–H and O–H groups in total. The van der Waals surface area contributed by atoms with Gasteiger partial charge >= 0.3 is 6.09 Å². The van der Waals surface area contributed by atoms with E-state index in [9.17, 15) is 14.4 Å². The van der Waals surface area contributed by atoms with E-state index in [0.29, 0.717) is 31.6 Å². The highest BCUT2D eigenvalue weighted by Gasteiger charge is 2.50. The first-order chi connectivity index (χ1) is 19.5. The molecule has 1 saturated heterocycles. The highest BCUT2D eigenvalue weighted by Crippen LogP contribution is 2.29. The van der Waals surface area contributed by atoms with Crippen molar-refractivity contribution in [1.82, 2.24) is 16.0 Å². The van der Waals surface area contributed by atoms with Gasteiger partial charge in [-0.3, -0.25) is 9.59 Å². The van der Waals surface area contributed by atoms with Gasteiger partial charge in [0.1, 0.15) is 18.2 Å². The molecule has 0 spiro atoms. The number of ketones is 1. The molecule has 0 aliphatic carbocycles. The molecular weight excluding hydrogens is 518 g/mol. The first-order valence-corrected chi connectivity index (χ1v) is 14.4. The van der Waals surface area contributed by atoms with Crippen molar-refractivity contribution in [3.63, 3.8) is 0 Å². The summed E-state index contributed by atoms with van der Waals surface area (Å²) in [6, 6.07) is 17.3. The van der Waals surface area contributed by atoms with Gasteiger partial charge in [0.25, 0.3) is 0 Å². The molecule has 0 aromatic heterocycles. The lowest BCUT2D eigenvalue weighted by molar-refractivity contribution is -0.125. The molecule has 41 heavy (non-hydrogen) atoms. The van der Waals surface area contributed by atoms with Gasteiger partial charge in [0, 0.05) is 5.70 Å². The Balaban J connectivity index is 1.70. The monoisotopic (exact) mass is 563 g/mol. The Morgan fingerprint density at radius 1 is 0.829 bits per heavy atom. The zero-order valence-electron chi connectivity index (χ0n) is 24.9. The average Bonchev–Trinajstić information content (AvgIpc) is 3.69. The third-order valence-corrected chi connectivity index (χ3v) is 7.03. The molecular formula is C33H45N3O5. The molecule has 4 atom stereocenters. The van der Waals surface area contributed by atoms with Crippen LogP contribution < -0.4 is 16.0 Å². The molecule has 0 radical (unpaired) electrons. The number of Topliss-reactive ketones (excluding diaryl/α,β-unsaturated/α-hetero) is 1. The van der Waals surface area contributed by atoms with Gasteiger partial charge in [0.05, 0.1) is 18.7 Å². The van der Waals surface area contributed by atoms with E-state index in [0.717, 1.165) is 11.1 Å². The lowest BCUT2D eigenvalue weighted by Gasteiger charge is -2.30. The summed E-state index contributed by atoms with van der Waals surface area (Å²) in [4.78, 5) is 39.5. The summed E-state index contributed by atoms with van der Waals surface area (Å²) in [7, 11) is 0. The number of hydrogen-bond donors (Lipinski definition) is 3. The Hall–Kier alpha value is -3.65. The van der Waals surface area contributed by atoms with Crippen LogP contribution in [0.15, 0.2) is 72.9 Å². The van der Waals surface area contributed by atoms with Crippen molar-refractivity contribution in [3.05, 3.63) is 84.1 Å². The van der Waals surface area contributed by atoms with E-state index < -0.39 is 29.8 Å². The molecule has 0 bridgehead atoms. The number of benzene rings is 2. The van der Waals surface area contributed by atoms with Crippen molar-refractivity contribution in [3.8, 4) is 0 Å². The second-order valence-corrected chi connectivity index (χ2v) is 11.9. The zero-order chi connectivity index (χ0) is 30.0. The van der Waals surface area contributed by atoms with E-state index in [-0.39, 0.29) is 30.1 Å². The van der Waals surface area contributed by atoms with Gasteiger partial charge in [-0.1, -0.05) is 94.9 Å². The average molecular weight is 564 g/mol. The molecule has 1 aliphatic heterocycles. The van der Waals surface area contributed by atoms with Gasteiger partial charge in [-0.2, -0.15) is 0 Å². The van der Waals surface area contributed by atoms with Crippen molar-refractivity contribution in [2.45, 2.75) is 84.2 Å². The van der Waals surface area contributed by atoms with E-state index >= 15 is 0 Å². The van der Waals surface area contributed by atoms with E-state index in [1.807, 2.05) is 74.5 Å². The lowest BCUT2D eigenvalue weighted by Crippen LogP contribution is -2.53. The maximum Gasteiger partial charge on any atom is 0.408 e. The number of epoxide rings is 1. The molecule has 2 amide bonds. The molecule has 1 heterocycles. The third-order valence-electron chi connectivity index (χ3n) is 7.03. The first kappa shape index (κ1) is 31.9. The normalized spacial score (nSPS) is 18.2. The van der Waals surface area contributed by atoms with Crippen molar-refractivity contribution in [1.29, 1.82) is 0 Å². The van der Waals surface area contributed by atoms with Crippen LogP contribution in [0.25, 0.3) is 0 Å². The van der Waals surface area contributed by atoms with Crippen LogP contribution in [0.4, 0.5) is 4.79 Å². The van der Waals surface area contributed by atoms with Crippen LogP contribution in [0.3, 0.4) is 0 Å². The van der Waals surface area contributed by atoms with E-state index in [1.165, 1.54) is 0 Å². The molecule has 1 aliphatic rings. The van der Waals surface area contributed by atoms with Gasteiger partial charge in [-0.15, -0.1) is 0 Å². The van der Waals surface area contributed by atoms with Gasteiger partial charge in [-0.25, -0.2) is 4.79 Å². The molecule has 222 valence electrons. The fourth-order valence-electron chi connectivity index (χ4n) is 4.64. The van der Waals surface area contributed by atoms with Gasteiger partial charge < -0.3 is 25.4 Å². The van der Waals surface area contributed by atoms with Crippen molar-refractivity contribution >= 4 is 17.8 Å². The number of amides is 2. The standard InChI is InChI=1S/C33H45N3O5/c1-22(2)17-27(24(5)34-28(30(37)33(6)21-41-33)19-25-13-9-7-10-14-25)35-31(38)29(18-23(3)4)36-32(39)40-20-26-15-11-8-12-16-26/h7-16,22-23,27-29,34H,5,17-21H2,1-4,6H3,(H,35,38)(H,36,39)/t27-,28+,29+,33-/m1/s1. The quantitative estimate of drug-likeness (QED) is 0.250. The first-order valence-electron chi connectivity index (χ1n) is 14.4. The molecule has 0 saturated carbocycles. The van der Waals surface area contributed by atoms with Crippen LogP contribution in [-0.2, 0) is 32.1 Å². The summed E-state index contributed by atoms with van der Waals surface area (Å²) in [5.74, 6) is 0.0148. The second-order valence-electron chi connectivity index (χ2n) is 11.9. The fraction of sp³-hybridized carbons (Fsp3) is 0.485. The molecule has 1 fully saturated rings. The topological polar surface area (TPSA) is 109 Å². The van der Waals surface area contributed by atoms with Crippen molar-refractivity contribution in [2.75, 3.05) is 6.61 Å². The number of alkyl carbamates (subject to hydrolysis) is 1. The zero-order valence-corrected chi connectivity index (χ0v) is 24.9. The van der Waals surface area contributed by atoms with Crippen LogP contribution in [0.2, 0.25) is 0 Å². The summed E-state index contributed by atoms with van der Waals surface area (Å²) in [5, 5.41) is 9.15. The Labute approximate surface area is 244 Å². The Morgan fingerprint density at radius 3 is 1.90 bits per heavy atom. The third kappa shape index (κ3) is 10.4. The van der Waals surface area contributed by atoms with Crippen LogP contribution in [-0.4, -0.2) is 48.1 Å². The van der Waals surface area contributed by atoms with E-state index in [1.54, 1.807) is 6.92 Å². The number of carbonyl (C=O) groups is 3. The number of ether oxygens (including phenoxy) is 2. The molecule has 3 rings (SSSR count). The molecule has 8 nitrogen and oxygen atoms in total. The molecule has 2 aromatic carbocycles. The van der Waals surface area contributed by atoms with E-state index in [2.05, 4.69) is 36.4 Å². The van der Waals surface area contributed by atoms with Gasteiger partial charge in [-0.05, 0) is 49.1 Å². The smallest absolute Gasteiger partial charge is 0.408 e. The minimum Gasteiger partial charge on any atom is -0.445 e. The van der Waals surface area contributed by atoms with Gasteiger partial charge in [0.2, 0.25) is 5.91 Å². The lowest BCUT2D eigenvalue weighted by atomic mass is 9.93. The van der Waals surface area contributed by atoms with Gasteiger partial charge in [0.15, 0.2) is 5.78 Å². The van der Waals surface area contributed by atoms with Crippen molar-refractivity contribution < 1.29 is 23.9 Å².